The Balaban J connectivity index is 3.36. The number of halogens is 2. The minimum atomic E-state index is -1.18. The summed E-state index contributed by atoms with van der Waals surface area (Å²) in [4.78, 5) is 22.5. The second-order valence-corrected chi connectivity index (χ2v) is 3.17. The van der Waals surface area contributed by atoms with Crippen LogP contribution in [0.5, 0.6) is 5.75 Å². The first-order valence-electron chi connectivity index (χ1n) is 4.17. The van der Waals surface area contributed by atoms with Gasteiger partial charge in [-0.05, 0) is 12.1 Å². The number of benzene rings is 1. The van der Waals surface area contributed by atoms with Crippen molar-refractivity contribution in [3.05, 3.63) is 28.5 Å². The molecule has 0 aliphatic rings. The van der Waals surface area contributed by atoms with E-state index in [0.717, 1.165) is 13.2 Å². The highest BCUT2D eigenvalue weighted by Crippen LogP contribution is 2.30. The standard InChI is InChI=1S/C10H8ClFO4/c1-15-9-5(11)3-4-6(12)7(9)8(13)10(14)16-2/h3-4H,1-2H3. The molecule has 0 aliphatic heterocycles. The quantitative estimate of drug-likeness (QED) is 0.464. The lowest BCUT2D eigenvalue weighted by atomic mass is 10.1. The third-order valence-corrected chi connectivity index (χ3v) is 2.16. The van der Waals surface area contributed by atoms with Crippen molar-refractivity contribution in [2.24, 2.45) is 0 Å². The molecule has 4 nitrogen and oxygen atoms in total. The molecule has 0 unspecified atom stereocenters. The summed E-state index contributed by atoms with van der Waals surface area (Å²) in [5.41, 5.74) is -0.526. The fraction of sp³-hybridized carbons (Fsp3) is 0.200. The van der Waals surface area contributed by atoms with Gasteiger partial charge in [0.05, 0.1) is 19.2 Å². The van der Waals surface area contributed by atoms with E-state index < -0.39 is 23.1 Å². The van der Waals surface area contributed by atoms with E-state index in [1.54, 1.807) is 0 Å². The van der Waals surface area contributed by atoms with Crippen LogP contribution in [0.1, 0.15) is 10.4 Å². The van der Waals surface area contributed by atoms with E-state index in [1.165, 1.54) is 13.2 Å². The van der Waals surface area contributed by atoms with Gasteiger partial charge in [0.15, 0.2) is 5.75 Å². The number of rotatable bonds is 3. The van der Waals surface area contributed by atoms with Crippen LogP contribution in [0.4, 0.5) is 4.39 Å². The Kier molecular flexibility index (Phi) is 3.84. The molecule has 0 saturated carbocycles. The molecule has 1 aromatic rings. The lowest BCUT2D eigenvalue weighted by Gasteiger charge is -2.09. The lowest BCUT2D eigenvalue weighted by Crippen LogP contribution is -2.18. The van der Waals surface area contributed by atoms with E-state index in [0.29, 0.717) is 0 Å². The fourth-order valence-electron chi connectivity index (χ4n) is 1.14. The van der Waals surface area contributed by atoms with Crippen molar-refractivity contribution in [1.82, 2.24) is 0 Å². The van der Waals surface area contributed by atoms with Gasteiger partial charge >= 0.3 is 5.97 Å². The van der Waals surface area contributed by atoms with E-state index in [4.69, 9.17) is 16.3 Å². The largest absolute Gasteiger partial charge is 0.494 e. The maximum absolute atomic E-state index is 13.4. The molecular formula is C10H8ClFO4. The highest BCUT2D eigenvalue weighted by atomic mass is 35.5. The molecule has 0 amide bonds. The average molecular weight is 247 g/mol. The summed E-state index contributed by atoms with van der Waals surface area (Å²) in [5.74, 6) is -3.40. The molecule has 0 N–H and O–H groups in total. The van der Waals surface area contributed by atoms with Crippen molar-refractivity contribution in [3.63, 3.8) is 0 Å². The van der Waals surface area contributed by atoms with Crippen LogP contribution in [0.2, 0.25) is 5.02 Å². The second-order valence-electron chi connectivity index (χ2n) is 2.76. The number of Topliss-reactive ketones (excluding diaryl/α,β-unsaturated/α-hetero) is 1. The van der Waals surface area contributed by atoms with Crippen LogP contribution in [0.15, 0.2) is 12.1 Å². The van der Waals surface area contributed by atoms with Gasteiger partial charge in [0.25, 0.3) is 5.78 Å². The average Bonchev–Trinajstić information content (AvgIpc) is 2.29. The molecule has 1 rings (SSSR count). The molecule has 0 spiro atoms. The second kappa shape index (κ2) is 4.94. The molecule has 0 bridgehead atoms. The molecule has 0 saturated heterocycles. The number of ether oxygens (including phenoxy) is 2. The van der Waals surface area contributed by atoms with Crippen LogP contribution < -0.4 is 4.74 Å². The van der Waals surface area contributed by atoms with E-state index in [1.807, 2.05) is 0 Å². The van der Waals surface area contributed by atoms with Crippen molar-refractivity contribution in [2.75, 3.05) is 14.2 Å². The molecule has 1 aromatic carbocycles. The summed E-state index contributed by atoms with van der Waals surface area (Å²) in [6, 6.07) is 2.20. The highest BCUT2D eigenvalue weighted by molar-refractivity contribution is 6.42. The Bertz CT molecular complexity index is 445. The SMILES string of the molecule is COC(=O)C(=O)c1c(F)ccc(Cl)c1OC. The molecule has 6 heteroatoms. The van der Waals surface area contributed by atoms with Gasteiger partial charge < -0.3 is 9.47 Å². The molecule has 0 fully saturated rings. The number of esters is 1. The molecule has 0 aliphatic carbocycles. The number of carbonyl (C=O) groups is 2. The molecule has 0 atom stereocenters. The van der Waals surface area contributed by atoms with Gasteiger partial charge in [0.2, 0.25) is 0 Å². The summed E-state index contributed by atoms with van der Waals surface area (Å²) in [5, 5.41) is 0.0381. The van der Waals surface area contributed by atoms with Crippen LogP contribution in [0.25, 0.3) is 0 Å². The van der Waals surface area contributed by atoms with E-state index in [2.05, 4.69) is 4.74 Å². The van der Waals surface area contributed by atoms with Crippen LogP contribution in [0.3, 0.4) is 0 Å². The number of ketones is 1. The summed E-state index contributed by atoms with van der Waals surface area (Å²) < 4.78 is 22.4. The summed E-state index contributed by atoms with van der Waals surface area (Å²) in [6.45, 7) is 0. The van der Waals surface area contributed by atoms with Gasteiger partial charge in [-0.2, -0.15) is 0 Å². The van der Waals surface area contributed by atoms with Gasteiger partial charge in [-0.15, -0.1) is 0 Å². The van der Waals surface area contributed by atoms with Crippen molar-refractivity contribution in [3.8, 4) is 5.75 Å². The van der Waals surface area contributed by atoms with E-state index in [-0.39, 0.29) is 10.8 Å². The fourth-order valence-corrected chi connectivity index (χ4v) is 1.37. The Morgan fingerprint density at radius 3 is 2.44 bits per heavy atom. The summed E-state index contributed by atoms with van der Waals surface area (Å²) in [6.07, 6.45) is 0. The molecule has 86 valence electrons. The predicted molar refractivity (Wildman–Crippen MR) is 54.3 cm³/mol. The van der Waals surface area contributed by atoms with Crippen molar-refractivity contribution < 1.29 is 23.5 Å². The van der Waals surface area contributed by atoms with E-state index in [9.17, 15) is 14.0 Å². The molecule has 0 radical (unpaired) electrons. The lowest BCUT2D eigenvalue weighted by molar-refractivity contribution is -0.135. The number of methoxy groups -OCH3 is 2. The Morgan fingerprint density at radius 2 is 1.94 bits per heavy atom. The van der Waals surface area contributed by atoms with Gasteiger partial charge in [0.1, 0.15) is 11.4 Å². The Morgan fingerprint density at radius 1 is 1.31 bits per heavy atom. The first-order chi connectivity index (χ1) is 7.52. The maximum Gasteiger partial charge on any atom is 0.379 e. The number of hydrogen-bond donors (Lipinski definition) is 0. The molecular weight excluding hydrogens is 239 g/mol. The van der Waals surface area contributed by atoms with Crippen molar-refractivity contribution in [2.45, 2.75) is 0 Å². The third-order valence-electron chi connectivity index (χ3n) is 1.86. The Labute approximate surface area is 95.9 Å². The van der Waals surface area contributed by atoms with Crippen LogP contribution in [0, 0.1) is 5.82 Å². The predicted octanol–water partition coefficient (Wildman–Crippen LogP) is 1.84. The Hall–Kier alpha value is -1.62. The van der Waals surface area contributed by atoms with Gasteiger partial charge in [0, 0.05) is 0 Å². The topological polar surface area (TPSA) is 52.6 Å². The first kappa shape index (κ1) is 12.4. The van der Waals surface area contributed by atoms with Gasteiger partial charge in [-0.1, -0.05) is 11.6 Å². The molecule has 16 heavy (non-hydrogen) atoms. The minimum Gasteiger partial charge on any atom is -0.494 e. The first-order valence-corrected chi connectivity index (χ1v) is 4.55. The van der Waals surface area contributed by atoms with Crippen molar-refractivity contribution >= 4 is 23.4 Å². The summed E-state index contributed by atoms with van der Waals surface area (Å²) >= 11 is 5.70. The van der Waals surface area contributed by atoms with Gasteiger partial charge in [-0.25, -0.2) is 9.18 Å². The minimum absolute atomic E-state index is 0.0381. The van der Waals surface area contributed by atoms with Crippen molar-refractivity contribution in [1.29, 1.82) is 0 Å². The van der Waals surface area contributed by atoms with Gasteiger partial charge in [-0.3, -0.25) is 4.79 Å². The molecule has 0 aromatic heterocycles. The zero-order valence-corrected chi connectivity index (χ0v) is 9.30. The molecule has 0 heterocycles. The normalized spacial score (nSPS) is 9.75. The highest BCUT2D eigenvalue weighted by Gasteiger charge is 2.26. The smallest absolute Gasteiger partial charge is 0.379 e. The maximum atomic E-state index is 13.4. The zero-order chi connectivity index (χ0) is 12.3. The number of hydrogen-bond acceptors (Lipinski definition) is 4. The van der Waals surface area contributed by atoms with E-state index >= 15 is 0 Å². The van der Waals surface area contributed by atoms with Crippen LogP contribution in [-0.4, -0.2) is 26.0 Å². The summed E-state index contributed by atoms with van der Waals surface area (Å²) in [7, 11) is 2.24. The number of carbonyl (C=O) groups excluding carboxylic acids is 2. The monoisotopic (exact) mass is 246 g/mol. The third kappa shape index (κ3) is 2.14. The van der Waals surface area contributed by atoms with Crippen LogP contribution in [-0.2, 0) is 9.53 Å². The van der Waals surface area contributed by atoms with Crippen LogP contribution >= 0.6 is 11.6 Å². The zero-order valence-electron chi connectivity index (χ0n) is 8.54.